The van der Waals surface area contributed by atoms with E-state index in [2.05, 4.69) is 15.2 Å². The number of piperazine rings is 1. The van der Waals surface area contributed by atoms with E-state index in [0.717, 1.165) is 29.6 Å². The molecule has 0 aliphatic carbocycles. The molecule has 1 aromatic heterocycles. The molecule has 0 saturated carbocycles. The van der Waals surface area contributed by atoms with Gasteiger partial charge in [0, 0.05) is 74.1 Å². The number of amides is 4. The van der Waals surface area contributed by atoms with Crippen molar-refractivity contribution in [3.05, 3.63) is 95.7 Å². The lowest BCUT2D eigenvalue weighted by Crippen LogP contribution is -2.52. The molecule has 0 bridgehead atoms. The second-order valence-electron chi connectivity index (χ2n) is 11.9. The van der Waals surface area contributed by atoms with Crippen LogP contribution in [-0.4, -0.2) is 96.6 Å². The van der Waals surface area contributed by atoms with Crippen LogP contribution in [0.1, 0.15) is 34.5 Å². The first-order valence-corrected chi connectivity index (χ1v) is 15.6. The molecule has 3 aliphatic rings. The summed E-state index contributed by atoms with van der Waals surface area (Å²) in [5, 5.41) is 3.74. The number of H-pyrrole nitrogens is 1. The van der Waals surface area contributed by atoms with Gasteiger partial charge in [-0.25, -0.2) is 4.99 Å². The quantitative estimate of drug-likeness (QED) is 0.345. The van der Waals surface area contributed by atoms with Crippen LogP contribution in [0.15, 0.2) is 83.9 Å². The van der Waals surface area contributed by atoms with Gasteiger partial charge < -0.3 is 29.9 Å². The van der Waals surface area contributed by atoms with E-state index < -0.39 is 12.1 Å². The summed E-state index contributed by atoms with van der Waals surface area (Å²) in [6.45, 7) is 3.44. The molecule has 2 N–H and O–H groups in total. The summed E-state index contributed by atoms with van der Waals surface area (Å²) in [6.07, 6.45) is -0.987. The third-order valence-electron chi connectivity index (χ3n) is 8.94. The van der Waals surface area contributed by atoms with Crippen LogP contribution in [0.5, 0.6) is 0 Å². The first-order valence-electron chi connectivity index (χ1n) is 15.6. The first kappa shape index (κ1) is 29.4. The van der Waals surface area contributed by atoms with E-state index in [4.69, 9.17) is 4.99 Å². The Kier molecular flexibility index (Phi) is 7.83. The number of benzene rings is 3. The molecule has 46 heavy (non-hydrogen) atoms. The molecule has 0 radical (unpaired) electrons. The molecule has 3 aliphatic heterocycles. The molecule has 1 saturated heterocycles. The van der Waals surface area contributed by atoms with Gasteiger partial charge in [-0.05, 0) is 25.2 Å². The second kappa shape index (κ2) is 12.2. The minimum absolute atomic E-state index is 0.0193. The van der Waals surface area contributed by atoms with Gasteiger partial charge in [0.25, 0.3) is 11.8 Å². The number of rotatable bonds is 6. The van der Waals surface area contributed by atoms with E-state index in [-0.39, 0.29) is 43.7 Å². The predicted molar refractivity (Wildman–Crippen MR) is 176 cm³/mol. The van der Waals surface area contributed by atoms with Crippen molar-refractivity contribution in [2.75, 3.05) is 56.1 Å². The highest BCUT2D eigenvalue weighted by molar-refractivity contribution is 6.23. The molecule has 1 atom stereocenters. The third kappa shape index (κ3) is 5.54. The van der Waals surface area contributed by atoms with Gasteiger partial charge in [-0.3, -0.25) is 19.2 Å². The Morgan fingerprint density at radius 2 is 1.59 bits per heavy atom. The summed E-state index contributed by atoms with van der Waals surface area (Å²) in [5.74, 6) is -1.03. The van der Waals surface area contributed by atoms with Crippen LogP contribution in [0.25, 0.3) is 10.9 Å². The smallest absolute Gasteiger partial charge is 0.272 e. The van der Waals surface area contributed by atoms with Gasteiger partial charge in [-0.1, -0.05) is 60.7 Å². The topological polar surface area (TPSA) is 121 Å². The number of aromatic nitrogens is 1. The summed E-state index contributed by atoms with van der Waals surface area (Å²) >= 11 is 0. The van der Waals surface area contributed by atoms with Crippen LogP contribution in [-0.2, 0) is 14.4 Å². The second-order valence-corrected chi connectivity index (χ2v) is 11.9. The first-order chi connectivity index (χ1) is 22.4. The zero-order chi connectivity index (χ0) is 31.8. The maximum atomic E-state index is 14.2. The van der Waals surface area contributed by atoms with E-state index in [1.807, 2.05) is 84.7 Å². The number of hydrogen-bond donors (Lipinski definition) is 2. The molecule has 3 aromatic carbocycles. The number of aliphatic imine (C=N–C) groups is 1. The van der Waals surface area contributed by atoms with E-state index in [9.17, 15) is 19.2 Å². The summed E-state index contributed by atoms with van der Waals surface area (Å²) in [6, 6.07) is 24.4. The maximum Gasteiger partial charge on any atom is 0.272 e. The number of carbonyl (C=O) groups excluding carboxylic acids is 4. The number of anilines is 2. The van der Waals surface area contributed by atoms with E-state index in [1.54, 1.807) is 15.9 Å². The number of hydrogen-bond acceptors (Lipinski definition) is 6. The van der Waals surface area contributed by atoms with Crippen molar-refractivity contribution >= 4 is 51.6 Å². The number of carbonyl (C=O) groups is 4. The normalized spacial score (nSPS) is 18.2. The lowest BCUT2D eigenvalue weighted by Gasteiger charge is -2.38. The number of nitrogens with zero attached hydrogens (tertiary/aromatic N) is 5. The van der Waals surface area contributed by atoms with Gasteiger partial charge in [0.2, 0.25) is 18.0 Å². The summed E-state index contributed by atoms with van der Waals surface area (Å²) in [7, 11) is 2.03. The Morgan fingerprint density at radius 1 is 0.848 bits per heavy atom. The zero-order valence-corrected chi connectivity index (χ0v) is 25.6. The number of aromatic amines is 1. The molecule has 4 amide bonds. The largest absolute Gasteiger partial charge is 0.351 e. The van der Waals surface area contributed by atoms with Crippen LogP contribution in [0.3, 0.4) is 0 Å². The molecular weight excluding hydrogens is 582 g/mol. The number of para-hydroxylation sites is 2. The number of fused-ring (bicyclic) bond motifs is 1. The molecule has 4 aromatic rings. The highest BCUT2D eigenvalue weighted by Gasteiger charge is 2.39. The average Bonchev–Trinajstić information content (AvgIpc) is 3.49. The maximum absolute atomic E-state index is 14.2. The van der Waals surface area contributed by atoms with Crippen molar-refractivity contribution < 1.29 is 19.2 Å². The Morgan fingerprint density at radius 3 is 2.37 bits per heavy atom. The fraction of sp³-hybridized carbons (Fsp3) is 0.286. The Bertz CT molecular complexity index is 1830. The van der Waals surface area contributed by atoms with E-state index >= 15 is 0 Å². The number of likely N-dealkylation sites (N-methyl/N-ethyl adjacent to an activating group) is 1. The van der Waals surface area contributed by atoms with Crippen molar-refractivity contribution in [1.29, 1.82) is 0 Å². The van der Waals surface area contributed by atoms with E-state index in [1.165, 1.54) is 0 Å². The average molecular weight is 618 g/mol. The van der Waals surface area contributed by atoms with Crippen LogP contribution in [0.2, 0.25) is 0 Å². The van der Waals surface area contributed by atoms with Crippen LogP contribution >= 0.6 is 0 Å². The SMILES string of the molecule is CN1CCN(C(=O)CCC(=O)N2CCN3C(=O)C(NC(=O)c4cc5ccccc5[nH]4)N=C(c4ccccc4)c4cccc2c43)CC1. The van der Waals surface area contributed by atoms with Crippen molar-refractivity contribution in [2.24, 2.45) is 4.99 Å². The minimum Gasteiger partial charge on any atom is -0.351 e. The van der Waals surface area contributed by atoms with Gasteiger partial charge in [0.15, 0.2) is 0 Å². The highest BCUT2D eigenvalue weighted by atomic mass is 16.2. The summed E-state index contributed by atoms with van der Waals surface area (Å²) in [5.41, 5.74) is 4.30. The fourth-order valence-corrected chi connectivity index (χ4v) is 6.42. The lowest BCUT2D eigenvalue weighted by atomic mass is 9.97. The highest BCUT2D eigenvalue weighted by Crippen LogP contribution is 2.40. The fourth-order valence-electron chi connectivity index (χ4n) is 6.42. The molecule has 7 rings (SSSR count). The predicted octanol–water partition coefficient (Wildman–Crippen LogP) is 3.01. The molecule has 234 valence electrons. The van der Waals surface area contributed by atoms with Gasteiger partial charge in [0.1, 0.15) is 5.69 Å². The molecular formula is C35H35N7O4. The van der Waals surface area contributed by atoms with Gasteiger partial charge in [-0.2, -0.15) is 0 Å². The molecule has 0 spiro atoms. The summed E-state index contributed by atoms with van der Waals surface area (Å²) < 4.78 is 0. The van der Waals surface area contributed by atoms with Crippen LogP contribution in [0, 0.1) is 0 Å². The standard InChI is InChI=1S/C35H35N7O4/c1-39-16-18-40(19-17-39)29(43)14-15-30(44)41-20-21-42-32-25(11-7-13-28(32)41)31(23-8-3-2-4-9-23)37-33(35(42)46)38-34(45)27-22-24-10-5-6-12-26(24)36-27/h2-13,22,33,36H,14-21H2,1H3,(H,38,45). The molecule has 11 nitrogen and oxygen atoms in total. The molecule has 1 fully saturated rings. The monoisotopic (exact) mass is 617 g/mol. The third-order valence-corrected chi connectivity index (χ3v) is 8.94. The van der Waals surface area contributed by atoms with Gasteiger partial charge >= 0.3 is 0 Å². The van der Waals surface area contributed by atoms with Crippen molar-refractivity contribution in [1.82, 2.24) is 20.1 Å². The minimum atomic E-state index is -1.20. The van der Waals surface area contributed by atoms with Crippen molar-refractivity contribution in [2.45, 2.75) is 19.0 Å². The van der Waals surface area contributed by atoms with Crippen LogP contribution < -0.4 is 15.1 Å². The lowest BCUT2D eigenvalue weighted by molar-refractivity contribution is -0.134. The zero-order valence-electron chi connectivity index (χ0n) is 25.6. The van der Waals surface area contributed by atoms with Crippen LogP contribution in [0.4, 0.5) is 11.4 Å². The van der Waals surface area contributed by atoms with Crippen molar-refractivity contribution in [3.8, 4) is 0 Å². The van der Waals surface area contributed by atoms with Crippen molar-refractivity contribution in [3.63, 3.8) is 0 Å². The van der Waals surface area contributed by atoms with Gasteiger partial charge in [-0.15, -0.1) is 0 Å². The Labute approximate surface area is 266 Å². The van der Waals surface area contributed by atoms with Gasteiger partial charge in [0.05, 0.1) is 17.1 Å². The summed E-state index contributed by atoms with van der Waals surface area (Å²) in [4.78, 5) is 69.5. The van der Waals surface area contributed by atoms with E-state index in [0.29, 0.717) is 41.4 Å². The Balaban J connectivity index is 1.18. The Hall–Kier alpha value is -5.29. The molecule has 11 heteroatoms. The number of nitrogens with one attached hydrogen (secondary N) is 2. The molecule has 1 unspecified atom stereocenters. The molecule has 4 heterocycles.